The second-order valence-corrected chi connectivity index (χ2v) is 5.03. The lowest BCUT2D eigenvalue weighted by atomic mass is 10.1. The first-order valence-corrected chi connectivity index (χ1v) is 6.73. The highest BCUT2D eigenvalue weighted by Crippen LogP contribution is 2.31. The fraction of sp³-hybridized carbons (Fsp3) is 0.250. The van der Waals surface area contributed by atoms with Crippen molar-refractivity contribution in [3.8, 4) is 5.75 Å². The van der Waals surface area contributed by atoms with Gasteiger partial charge in [-0.1, -0.05) is 0 Å². The average Bonchev–Trinajstić information content (AvgIpc) is 3.07. The van der Waals surface area contributed by atoms with Crippen molar-refractivity contribution in [1.29, 1.82) is 0 Å². The molecule has 0 fully saturated rings. The predicted molar refractivity (Wildman–Crippen MR) is 75.9 cm³/mol. The Morgan fingerprint density at radius 1 is 1.19 bits per heavy atom. The lowest BCUT2D eigenvalue weighted by Gasteiger charge is -2.06. The number of fused-ring (bicyclic) bond motifs is 1. The summed E-state index contributed by atoms with van der Waals surface area (Å²) in [5.74, 6) is -0.759. The minimum atomic E-state index is -0.838. The highest BCUT2D eigenvalue weighted by atomic mass is 16.5. The van der Waals surface area contributed by atoms with Gasteiger partial charge in [0.1, 0.15) is 5.75 Å². The van der Waals surface area contributed by atoms with Crippen molar-refractivity contribution in [3.05, 3.63) is 53.3 Å². The molecule has 1 N–H and O–H groups in total. The van der Waals surface area contributed by atoms with E-state index in [0.717, 1.165) is 0 Å². The van der Waals surface area contributed by atoms with Crippen molar-refractivity contribution >= 4 is 11.8 Å². The Balaban J connectivity index is 1.93. The SMILES string of the molecule is COc1ccc(C(=O)c2ccc3n2CC[C@H]3C(=O)O)cc1. The number of carboxylic acids is 1. The number of aromatic nitrogens is 1. The van der Waals surface area contributed by atoms with Crippen molar-refractivity contribution in [2.45, 2.75) is 18.9 Å². The molecule has 3 rings (SSSR count). The number of aliphatic carboxylic acids is 1. The van der Waals surface area contributed by atoms with Gasteiger partial charge in [0, 0.05) is 17.8 Å². The monoisotopic (exact) mass is 285 g/mol. The number of hydrogen-bond acceptors (Lipinski definition) is 3. The van der Waals surface area contributed by atoms with Crippen LogP contribution in [0.3, 0.4) is 0 Å². The van der Waals surface area contributed by atoms with Gasteiger partial charge in [-0.25, -0.2) is 0 Å². The topological polar surface area (TPSA) is 68.5 Å². The Labute approximate surface area is 121 Å². The molecule has 0 radical (unpaired) electrons. The first-order valence-electron chi connectivity index (χ1n) is 6.73. The number of ketones is 1. The van der Waals surface area contributed by atoms with Crippen LogP contribution in [0, 0.1) is 0 Å². The maximum atomic E-state index is 12.5. The van der Waals surface area contributed by atoms with Gasteiger partial charge in [-0.3, -0.25) is 9.59 Å². The molecule has 21 heavy (non-hydrogen) atoms. The van der Waals surface area contributed by atoms with E-state index < -0.39 is 11.9 Å². The Hall–Kier alpha value is -2.56. The highest BCUT2D eigenvalue weighted by Gasteiger charge is 2.31. The van der Waals surface area contributed by atoms with Gasteiger partial charge < -0.3 is 14.4 Å². The maximum absolute atomic E-state index is 12.5. The predicted octanol–water partition coefficient (Wildman–Crippen LogP) is 2.30. The zero-order valence-corrected chi connectivity index (χ0v) is 11.6. The van der Waals surface area contributed by atoms with Crippen molar-refractivity contribution < 1.29 is 19.4 Å². The molecule has 5 heteroatoms. The van der Waals surface area contributed by atoms with Crippen LogP contribution in [0.15, 0.2) is 36.4 Å². The quantitative estimate of drug-likeness (QED) is 0.875. The fourth-order valence-electron chi connectivity index (χ4n) is 2.78. The Kier molecular flexibility index (Phi) is 3.25. The lowest BCUT2D eigenvalue weighted by Crippen LogP contribution is -2.10. The third kappa shape index (κ3) is 2.20. The number of carboxylic acid groups (broad SMARTS) is 1. The van der Waals surface area contributed by atoms with Crippen molar-refractivity contribution in [1.82, 2.24) is 4.57 Å². The van der Waals surface area contributed by atoms with Gasteiger partial charge in [0.15, 0.2) is 0 Å². The minimum absolute atomic E-state index is 0.102. The molecular weight excluding hydrogens is 270 g/mol. The van der Waals surface area contributed by atoms with Crippen LogP contribution in [-0.4, -0.2) is 28.5 Å². The third-order valence-electron chi connectivity index (χ3n) is 3.90. The molecule has 0 spiro atoms. The van der Waals surface area contributed by atoms with Crippen LogP contribution in [0.4, 0.5) is 0 Å². The molecule has 1 atom stereocenters. The van der Waals surface area contributed by atoms with Crippen LogP contribution in [-0.2, 0) is 11.3 Å². The van der Waals surface area contributed by atoms with Crippen LogP contribution in [0.5, 0.6) is 5.75 Å². The largest absolute Gasteiger partial charge is 0.497 e. The molecule has 108 valence electrons. The Bertz CT molecular complexity index is 700. The summed E-state index contributed by atoms with van der Waals surface area (Å²) in [5.41, 5.74) is 1.81. The van der Waals surface area contributed by atoms with Crippen molar-refractivity contribution in [2.75, 3.05) is 7.11 Å². The fourth-order valence-corrected chi connectivity index (χ4v) is 2.78. The number of rotatable bonds is 4. The Morgan fingerprint density at radius 3 is 2.52 bits per heavy atom. The number of hydrogen-bond donors (Lipinski definition) is 1. The minimum Gasteiger partial charge on any atom is -0.497 e. The van der Waals surface area contributed by atoms with Gasteiger partial charge in [0.25, 0.3) is 0 Å². The normalized spacial score (nSPS) is 16.5. The van der Waals surface area contributed by atoms with E-state index in [2.05, 4.69) is 0 Å². The van der Waals surface area contributed by atoms with E-state index in [4.69, 9.17) is 4.74 Å². The number of carbonyl (C=O) groups excluding carboxylic acids is 1. The molecule has 1 aromatic heterocycles. The molecule has 2 heterocycles. The molecule has 1 aliphatic rings. The van der Waals surface area contributed by atoms with Crippen LogP contribution < -0.4 is 4.74 Å². The lowest BCUT2D eigenvalue weighted by molar-refractivity contribution is -0.138. The van der Waals surface area contributed by atoms with Crippen LogP contribution >= 0.6 is 0 Å². The first-order chi connectivity index (χ1) is 10.1. The van der Waals surface area contributed by atoms with Crippen molar-refractivity contribution in [3.63, 3.8) is 0 Å². The summed E-state index contributed by atoms with van der Waals surface area (Å²) in [6.45, 7) is 0.566. The van der Waals surface area contributed by atoms with Gasteiger partial charge in [-0.05, 0) is 42.8 Å². The van der Waals surface area contributed by atoms with Gasteiger partial charge in [-0.15, -0.1) is 0 Å². The second kappa shape index (κ2) is 5.09. The molecule has 0 amide bonds. The van der Waals surface area contributed by atoms with Crippen LogP contribution in [0.1, 0.15) is 34.1 Å². The molecule has 2 aromatic rings. The second-order valence-electron chi connectivity index (χ2n) is 5.03. The smallest absolute Gasteiger partial charge is 0.312 e. The summed E-state index contributed by atoms with van der Waals surface area (Å²) in [5, 5.41) is 9.17. The molecule has 0 saturated heterocycles. The van der Waals surface area contributed by atoms with Crippen LogP contribution in [0.25, 0.3) is 0 Å². The van der Waals surface area contributed by atoms with E-state index in [1.54, 1.807) is 43.5 Å². The zero-order chi connectivity index (χ0) is 15.0. The number of benzene rings is 1. The molecule has 5 nitrogen and oxygen atoms in total. The molecular formula is C16H15NO4. The molecule has 1 aliphatic heterocycles. The van der Waals surface area contributed by atoms with E-state index in [0.29, 0.717) is 35.7 Å². The molecule has 0 aliphatic carbocycles. The summed E-state index contributed by atoms with van der Waals surface area (Å²) in [4.78, 5) is 23.7. The van der Waals surface area contributed by atoms with E-state index in [1.807, 2.05) is 4.57 Å². The van der Waals surface area contributed by atoms with Crippen molar-refractivity contribution in [2.24, 2.45) is 0 Å². The standard InChI is InChI=1S/C16H15NO4/c1-21-11-4-2-10(3-5-11)15(18)14-7-6-13-12(16(19)20)8-9-17(13)14/h2-7,12H,8-9H2,1H3,(H,19,20)/t12-/m1/s1. The Morgan fingerprint density at radius 2 is 1.90 bits per heavy atom. The van der Waals surface area contributed by atoms with Crippen LogP contribution in [0.2, 0.25) is 0 Å². The van der Waals surface area contributed by atoms with E-state index >= 15 is 0 Å². The number of methoxy groups -OCH3 is 1. The summed E-state index contributed by atoms with van der Waals surface area (Å²) in [6, 6.07) is 10.3. The molecule has 0 saturated carbocycles. The molecule has 1 aromatic carbocycles. The summed E-state index contributed by atoms with van der Waals surface area (Å²) >= 11 is 0. The van der Waals surface area contributed by atoms with Gasteiger partial charge >= 0.3 is 5.97 Å². The summed E-state index contributed by atoms with van der Waals surface area (Å²) in [6.07, 6.45) is 0.536. The van der Waals surface area contributed by atoms with Gasteiger partial charge in [0.05, 0.1) is 18.7 Å². The summed E-state index contributed by atoms with van der Waals surface area (Å²) < 4.78 is 6.88. The van der Waals surface area contributed by atoms with E-state index in [-0.39, 0.29) is 5.78 Å². The van der Waals surface area contributed by atoms with Gasteiger partial charge in [-0.2, -0.15) is 0 Å². The average molecular weight is 285 g/mol. The number of ether oxygens (including phenoxy) is 1. The maximum Gasteiger partial charge on any atom is 0.312 e. The summed E-state index contributed by atoms with van der Waals surface area (Å²) in [7, 11) is 1.57. The highest BCUT2D eigenvalue weighted by molar-refractivity contribution is 6.08. The van der Waals surface area contributed by atoms with E-state index in [1.165, 1.54) is 0 Å². The third-order valence-corrected chi connectivity index (χ3v) is 3.90. The molecule has 0 unspecified atom stereocenters. The van der Waals surface area contributed by atoms with Gasteiger partial charge in [0.2, 0.25) is 5.78 Å². The first kappa shape index (κ1) is 13.4. The van der Waals surface area contributed by atoms with E-state index in [9.17, 15) is 14.7 Å². The number of carbonyl (C=O) groups is 2. The zero-order valence-electron chi connectivity index (χ0n) is 11.6. The molecule has 0 bridgehead atoms. The number of nitrogens with zero attached hydrogens (tertiary/aromatic N) is 1.